The van der Waals surface area contributed by atoms with Crippen molar-refractivity contribution in [2.24, 2.45) is 5.92 Å². The van der Waals surface area contributed by atoms with Crippen molar-refractivity contribution in [2.45, 2.75) is 31.5 Å². The molecule has 2 fully saturated rings. The normalized spacial score (nSPS) is 29.6. The van der Waals surface area contributed by atoms with Gasteiger partial charge in [-0.15, -0.1) is 0 Å². The molecule has 110 valence electrons. The van der Waals surface area contributed by atoms with Gasteiger partial charge in [-0.2, -0.15) is 0 Å². The maximum absolute atomic E-state index is 6.06. The summed E-state index contributed by atoms with van der Waals surface area (Å²) >= 11 is 0. The maximum atomic E-state index is 6.06. The highest BCUT2D eigenvalue weighted by molar-refractivity contribution is 5.42. The van der Waals surface area contributed by atoms with E-state index in [1.807, 2.05) is 18.2 Å². The van der Waals surface area contributed by atoms with Crippen molar-refractivity contribution in [1.82, 2.24) is 0 Å². The van der Waals surface area contributed by atoms with E-state index in [4.69, 9.17) is 18.9 Å². The average molecular weight is 278 g/mol. The van der Waals surface area contributed by atoms with Crippen LogP contribution in [0.25, 0.3) is 0 Å². The van der Waals surface area contributed by atoms with Gasteiger partial charge in [-0.25, -0.2) is 0 Å². The summed E-state index contributed by atoms with van der Waals surface area (Å²) in [4.78, 5) is 0. The summed E-state index contributed by atoms with van der Waals surface area (Å²) in [5, 5.41) is 0. The highest BCUT2D eigenvalue weighted by atomic mass is 16.5. The van der Waals surface area contributed by atoms with Gasteiger partial charge in [0.2, 0.25) is 0 Å². The first kappa shape index (κ1) is 13.7. The highest BCUT2D eigenvalue weighted by Gasteiger charge is 2.38. The van der Waals surface area contributed by atoms with Crippen LogP contribution >= 0.6 is 0 Å². The summed E-state index contributed by atoms with van der Waals surface area (Å²) in [6.07, 6.45) is 3.61. The number of fused-ring (bicyclic) bond motifs is 1. The molecule has 4 nitrogen and oxygen atoms in total. The molecule has 3 rings (SSSR count). The van der Waals surface area contributed by atoms with Crippen LogP contribution in [0, 0.1) is 5.92 Å². The summed E-state index contributed by atoms with van der Waals surface area (Å²) in [6, 6.07) is 5.89. The minimum Gasteiger partial charge on any atom is -0.497 e. The van der Waals surface area contributed by atoms with Crippen molar-refractivity contribution in [3.8, 4) is 11.5 Å². The van der Waals surface area contributed by atoms with Gasteiger partial charge in [0.25, 0.3) is 0 Å². The number of hydrogen-bond donors (Lipinski definition) is 0. The molecule has 1 aromatic carbocycles. The number of methoxy groups -OCH3 is 2. The predicted octanol–water partition coefficient (Wildman–Crippen LogP) is 2.96. The zero-order chi connectivity index (χ0) is 13.9. The first-order chi connectivity index (χ1) is 9.83. The third kappa shape index (κ3) is 2.50. The number of benzene rings is 1. The van der Waals surface area contributed by atoms with Gasteiger partial charge in [-0.05, 0) is 37.5 Å². The van der Waals surface area contributed by atoms with Crippen LogP contribution in [0.3, 0.4) is 0 Å². The summed E-state index contributed by atoms with van der Waals surface area (Å²) < 4.78 is 22.8. The minimum atomic E-state index is 0.0408. The molecule has 0 amide bonds. The molecule has 1 aromatic rings. The SMILES string of the molecule is COc1ccc(OC)c([C@@H]2OCC[C@@H]3OCCC[C@H]32)c1. The molecule has 0 aromatic heterocycles. The van der Waals surface area contributed by atoms with Crippen molar-refractivity contribution >= 4 is 0 Å². The second kappa shape index (κ2) is 6.02. The van der Waals surface area contributed by atoms with Crippen LogP contribution in [-0.2, 0) is 9.47 Å². The lowest BCUT2D eigenvalue weighted by Gasteiger charge is -2.41. The minimum absolute atomic E-state index is 0.0408. The Morgan fingerprint density at radius 3 is 2.75 bits per heavy atom. The molecule has 0 aliphatic carbocycles. The average Bonchev–Trinajstić information content (AvgIpc) is 2.53. The lowest BCUT2D eigenvalue weighted by atomic mass is 9.82. The summed E-state index contributed by atoms with van der Waals surface area (Å²) in [6.45, 7) is 1.62. The molecule has 0 spiro atoms. The van der Waals surface area contributed by atoms with Crippen molar-refractivity contribution in [2.75, 3.05) is 27.4 Å². The Labute approximate surface area is 120 Å². The summed E-state index contributed by atoms with van der Waals surface area (Å²) in [5.41, 5.74) is 1.08. The smallest absolute Gasteiger partial charge is 0.124 e. The van der Waals surface area contributed by atoms with E-state index < -0.39 is 0 Å². The lowest BCUT2D eigenvalue weighted by Crippen LogP contribution is -2.39. The molecule has 3 atom stereocenters. The Balaban J connectivity index is 1.93. The van der Waals surface area contributed by atoms with E-state index in [0.717, 1.165) is 49.5 Å². The number of ether oxygens (including phenoxy) is 4. The largest absolute Gasteiger partial charge is 0.497 e. The Morgan fingerprint density at radius 1 is 1.05 bits per heavy atom. The number of rotatable bonds is 3. The number of hydrogen-bond acceptors (Lipinski definition) is 4. The molecular formula is C16H22O4. The molecular weight excluding hydrogens is 256 g/mol. The van der Waals surface area contributed by atoms with Crippen molar-refractivity contribution in [3.63, 3.8) is 0 Å². The highest BCUT2D eigenvalue weighted by Crippen LogP contribution is 2.44. The van der Waals surface area contributed by atoms with E-state index in [1.165, 1.54) is 0 Å². The molecule has 2 aliphatic rings. The lowest BCUT2D eigenvalue weighted by molar-refractivity contribution is -0.143. The Morgan fingerprint density at radius 2 is 1.95 bits per heavy atom. The summed E-state index contributed by atoms with van der Waals surface area (Å²) in [5.74, 6) is 2.11. The van der Waals surface area contributed by atoms with Crippen molar-refractivity contribution < 1.29 is 18.9 Å². The van der Waals surface area contributed by atoms with E-state index in [9.17, 15) is 0 Å². The third-order valence-corrected chi connectivity index (χ3v) is 4.32. The third-order valence-electron chi connectivity index (χ3n) is 4.32. The monoisotopic (exact) mass is 278 g/mol. The fourth-order valence-corrected chi connectivity index (χ4v) is 3.32. The molecule has 20 heavy (non-hydrogen) atoms. The quantitative estimate of drug-likeness (QED) is 0.852. The van der Waals surface area contributed by atoms with Crippen LogP contribution in [0.1, 0.15) is 30.9 Å². The zero-order valence-electron chi connectivity index (χ0n) is 12.1. The standard InChI is InChI=1S/C16H22O4/c1-17-11-5-6-14(18-2)13(10-11)16-12-4-3-8-19-15(12)7-9-20-16/h5-6,10,12,15-16H,3-4,7-9H2,1-2H3/t12-,15+,16-/m1/s1. The van der Waals surface area contributed by atoms with Gasteiger partial charge < -0.3 is 18.9 Å². The molecule has 4 heteroatoms. The van der Waals surface area contributed by atoms with E-state index in [-0.39, 0.29) is 6.10 Å². The van der Waals surface area contributed by atoms with Crippen LogP contribution in [0.5, 0.6) is 11.5 Å². The van der Waals surface area contributed by atoms with Gasteiger partial charge in [0.05, 0.1) is 26.4 Å². The molecule has 0 saturated carbocycles. The first-order valence-electron chi connectivity index (χ1n) is 7.28. The van der Waals surface area contributed by atoms with Gasteiger partial charge in [-0.3, -0.25) is 0 Å². The molecule has 0 radical (unpaired) electrons. The van der Waals surface area contributed by atoms with Gasteiger partial charge in [0.15, 0.2) is 0 Å². The van der Waals surface area contributed by atoms with E-state index >= 15 is 0 Å². The second-order valence-electron chi connectivity index (χ2n) is 5.40. The maximum Gasteiger partial charge on any atom is 0.124 e. The van der Waals surface area contributed by atoms with Crippen molar-refractivity contribution in [3.05, 3.63) is 23.8 Å². The fraction of sp³-hybridized carbons (Fsp3) is 0.625. The fourth-order valence-electron chi connectivity index (χ4n) is 3.32. The Kier molecular flexibility index (Phi) is 4.13. The van der Waals surface area contributed by atoms with E-state index in [1.54, 1.807) is 14.2 Å². The topological polar surface area (TPSA) is 36.9 Å². The second-order valence-corrected chi connectivity index (χ2v) is 5.40. The predicted molar refractivity (Wildman–Crippen MR) is 75.3 cm³/mol. The van der Waals surface area contributed by atoms with Gasteiger partial charge in [0, 0.05) is 24.7 Å². The summed E-state index contributed by atoms with van der Waals surface area (Å²) in [7, 11) is 3.38. The van der Waals surface area contributed by atoms with Crippen LogP contribution < -0.4 is 9.47 Å². The Hall–Kier alpha value is -1.26. The van der Waals surface area contributed by atoms with Crippen LogP contribution in [0.15, 0.2) is 18.2 Å². The molecule has 0 unspecified atom stereocenters. The molecule has 0 bridgehead atoms. The molecule has 2 saturated heterocycles. The van der Waals surface area contributed by atoms with Gasteiger partial charge >= 0.3 is 0 Å². The van der Waals surface area contributed by atoms with Crippen molar-refractivity contribution in [1.29, 1.82) is 0 Å². The zero-order valence-corrected chi connectivity index (χ0v) is 12.1. The van der Waals surface area contributed by atoms with Crippen LogP contribution in [-0.4, -0.2) is 33.5 Å². The van der Waals surface area contributed by atoms with Gasteiger partial charge in [-0.1, -0.05) is 0 Å². The van der Waals surface area contributed by atoms with Crippen LogP contribution in [0.2, 0.25) is 0 Å². The first-order valence-corrected chi connectivity index (χ1v) is 7.28. The van der Waals surface area contributed by atoms with Gasteiger partial charge in [0.1, 0.15) is 11.5 Å². The molecule has 2 heterocycles. The van der Waals surface area contributed by atoms with Crippen LogP contribution in [0.4, 0.5) is 0 Å². The Bertz CT molecular complexity index is 458. The van der Waals surface area contributed by atoms with E-state index in [2.05, 4.69) is 0 Å². The molecule has 2 aliphatic heterocycles. The molecule has 0 N–H and O–H groups in total. The van der Waals surface area contributed by atoms with E-state index in [0.29, 0.717) is 12.0 Å².